The Kier molecular flexibility index (Phi) is 3.94. The molecule has 5 heteroatoms. The van der Waals surface area contributed by atoms with E-state index in [1.165, 1.54) is 0 Å². The fraction of sp³-hybridized carbons (Fsp3) is 0.385. The molecule has 1 aromatic carbocycles. The summed E-state index contributed by atoms with van der Waals surface area (Å²) in [5.74, 6) is -0.268. The van der Waals surface area contributed by atoms with Gasteiger partial charge in [0, 0.05) is 18.8 Å². The number of nitrogens with one attached hydrogen (secondary N) is 3. The summed E-state index contributed by atoms with van der Waals surface area (Å²) in [5.41, 5.74) is 1.84. The van der Waals surface area contributed by atoms with Crippen molar-refractivity contribution in [2.45, 2.75) is 19.4 Å². The molecule has 0 radical (unpaired) electrons. The van der Waals surface area contributed by atoms with Gasteiger partial charge in [-0.05, 0) is 24.6 Å². The standard InChI is InChI=1S/C13H17N3O2/c1-9-3-2-4-10(7-9)16-12(17)8-11-13(18)15-6-5-14-11/h2-4,7,11,14H,5-6,8H2,1H3,(H,15,18)(H,16,17)/t11-/m1/s1. The zero-order valence-corrected chi connectivity index (χ0v) is 10.3. The van der Waals surface area contributed by atoms with Crippen LogP contribution < -0.4 is 16.0 Å². The first-order valence-electron chi connectivity index (χ1n) is 6.03. The molecule has 0 spiro atoms. The molecule has 0 bridgehead atoms. The minimum Gasteiger partial charge on any atom is -0.353 e. The van der Waals surface area contributed by atoms with Gasteiger partial charge in [-0.3, -0.25) is 9.59 Å². The molecule has 1 heterocycles. The van der Waals surface area contributed by atoms with E-state index < -0.39 is 6.04 Å². The van der Waals surface area contributed by atoms with Crippen molar-refractivity contribution in [2.75, 3.05) is 18.4 Å². The quantitative estimate of drug-likeness (QED) is 0.724. The lowest BCUT2D eigenvalue weighted by Gasteiger charge is -2.22. The van der Waals surface area contributed by atoms with E-state index in [9.17, 15) is 9.59 Å². The number of carbonyl (C=O) groups excluding carboxylic acids is 2. The van der Waals surface area contributed by atoms with Gasteiger partial charge in [0.05, 0.1) is 12.5 Å². The second-order valence-corrected chi connectivity index (χ2v) is 4.42. The smallest absolute Gasteiger partial charge is 0.237 e. The number of piperazine rings is 1. The van der Waals surface area contributed by atoms with Crippen LogP contribution in [0.4, 0.5) is 5.69 Å². The summed E-state index contributed by atoms with van der Waals surface area (Å²) in [6.07, 6.45) is 0.153. The molecule has 1 fully saturated rings. The molecule has 1 aliphatic heterocycles. The maximum Gasteiger partial charge on any atom is 0.237 e. The first-order valence-corrected chi connectivity index (χ1v) is 6.03. The second-order valence-electron chi connectivity index (χ2n) is 4.42. The highest BCUT2D eigenvalue weighted by Crippen LogP contribution is 2.10. The third kappa shape index (κ3) is 3.30. The van der Waals surface area contributed by atoms with Gasteiger partial charge in [-0.25, -0.2) is 0 Å². The molecule has 96 valence electrons. The first kappa shape index (κ1) is 12.6. The molecule has 2 amide bonds. The molecular weight excluding hydrogens is 230 g/mol. The van der Waals surface area contributed by atoms with Gasteiger partial charge in [0.1, 0.15) is 0 Å². The van der Waals surface area contributed by atoms with Crippen molar-refractivity contribution in [1.82, 2.24) is 10.6 Å². The highest BCUT2D eigenvalue weighted by molar-refractivity contribution is 5.95. The summed E-state index contributed by atoms with van der Waals surface area (Å²) in [4.78, 5) is 23.3. The van der Waals surface area contributed by atoms with Crippen LogP contribution in [-0.4, -0.2) is 30.9 Å². The van der Waals surface area contributed by atoms with Crippen molar-refractivity contribution in [1.29, 1.82) is 0 Å². The number of aryl methyl sites for hydroxylation is 1. The average Bonchev–Trinajstić information content (AvgIpc) is 2.32. The molecule has 0 unspecified atom stereocenters. The van der Waals surface area contributed by atoms with E-state index in [4.69, 9.17) is 0 Å². The third-order valence-electron chi connectivity index (χ3n) is 2.82. The number of amides is 2. The Bertz CT molecular complexity index is 459. The van der Waals surface area contributed by atoms with E-state index in [0.717, 1.165) is 11.3 Å². The molecule has 2 rings (SSSR count). The van der Waals surface area contributed by atoms with Gasteiger partial charge in [-0.1, -0.05) is 12.1 Å². The van der Waals surface area contributed by atoms with Crippen LogP contribution in [0.3, 0.4) is 0 Å². The monoisotopic (exact) mass is 247 g/mol. The van der Waals surface area contributed by atoms with Crippen molar-refractivity contribution in [2.24, 2.45) is 0 Å². The number of carbonyl (C=O) groups is 2. The highest BCUT2D eigenvalue weighted by Gasteiger charge is 2.23. The first-order chi connectivity index (χ1) is 8.65. The van der Waals surface area contributed by atoms with Gasteiger partial charge < -0.3 is 16.0 Å². The highest BCUT2D eigenvalue weighted by atomic mass is 16.2. The van der Waals surface area contributed by atoms with E-state index in [2.05, 4.69) is 16.0 Å². The average molecular weight is 247 g/mol. The van der Waals surface area contributed by atoms with Crippen LogP contribution in [0.15, 0.2) is 24.3 Å². The van der Waals surface area contributed by atoms with Crippen molar-refractivity contribution in [3.63, 3.8) is 0 Å². The van der Waals surface area contributed by atoms with E-state index in [0.29, 0.717) is 13.1 Å². The molecule has 0 saturated carbocycles. The third-order valence-corrected chi connectivity index (χ3v) is 2.82. The van der Waals surface area contributed by atoms with Gasteiger partial charge in [0.2, 0.25) is 11.8 Å². The molecule has 1 aromatic rings. The lowest BCUT2D eigenvalue weighted by molar-refractivity contribution is -0.127. The second kappa shape index (κ2) is 5.64. The Hall–Kier alpha value is -1.88. The summed E-state index contributed by atoms with van der Waals surface area (Å²) < 4.78 is 0. The number of benzene rings is 1. The number of rotatable bonds is 3. The molecule has 18 heavy (non-hydrogen) atoms. The summed E-state index contributed by atoms with van der Waals surface area (Å²) in [5, 5.41) is 8.54. The topological polar surface area (TPSA) is 70.2 Å². The summed E-state index contributed by atoms with van der Waals surface area (Å²) in [6, 6.07) is 7.15. The fourth-order valence-corrected chi connectivity index (χ4v) is 1.93. The van der Waals surface area contributed by atoms with Crippen LogP contribution >= 0.6 is 0 Å². The van der Waals surface area contributed by atoms with Gasteiger partial charge in [0.25, 0.3) is 0 Å². The number of hydrogen-bond acceptors (Lipinski definition) is 3. The summed E-state index contributed by atoms with van der Waals surface area (Å²) >= 11 is 0. The zero-order valence-electron chi connectivity index (χ0n) is 10.3. The SMILES string of the molecule is Cc1cccc(NC(=O)C[C@H]2NCCNC2=O)c1. The van der Waals surface area contributed by atoms with Gasteiger partial charge in [-0.15, -0.1) is 0 Å². The van der Waals surface area contributed by atoms with E-state index in [1.54, 1.807) is 0 Å². The van der Waals surface area contributed by atoms with Crippen molar-refractivity contribution in [3.8, 4) is 0 Å². The van der Waals surface area contributed by atoms with E-state index in [1.807, 2.05) is 31.2 Å². The number of anilines is 1. The van der Waals surface area contributed by atoms with Crippen LogP contribution in [-0.2, 0) is 9.59 Å². The Morgan fingerprint density at radius 1 is 1.44 bits per heavy atom. The molecule has 1 saturated heterocycles. The van der Waals surface area contributed by atoms with E-state index in [-0.39, 0.29) is 18.2 Å². The predicted molar refractivity (Wildman–Crippen MR) is 69.2 cm³/mol. The van der Waals surface area contributed by atoms with Crippen molar-refractivity contribution >= 4 is 17.5 Å². The van der Waals surface area contributed by atoms with Gasteiger partial charge in [0.15, 0.2) is 0 Å². The molecule has 0 aliphatic carbocycles. The Morgan fingerprint density at radius 2 is 2.28 bits per heavy atom. The maximum atomic E-state index is 11.8. The molecule has 1 atom stereocenters. The van der Waals surface area contributed by atoms with E-state index >= 15 is 0 Å². The Balaban J connectivity index is 1.90. The fourth-order valence-electron chi connectivity index (χ4n) is 1.93. The Labute approximate surface area is 106 Å². The lowest BCUT2D eigenvalue weighted by atomic mass is 10.1. The van der Waals surface area contributed by atoms with Crippen molar-refractivity contribution in [3.05, 3.63) is 29.8 Å². The molecule has 0 aromatic heterocycles. The zero-order chi connectivity index (χ0) is 13.0. The van der Waals surface area contributed by atoms with Crippen LogP contribution in [0, 0.1) is 6.92 Å². The number of hydrogen-bond donors (Lipinski definition) is 3. The largest absolute Gasteiger partial charge is 0.353 e. The summed E-state index contributed by atoms with van der Waals surface area (Å²) in [7, 11) is 0. The predicted octanol–water partition coefficient (Wildman–Crippen LogP) is 0.412. The van der Waals surface area contributed by atoms with Crippen molar-refractivity contribution < 1.29 is 9.59 Å². The lowest BCUT2D eigenvalue weighted by Crippen LogP contribution is -2.53. The van der Waals surface area contributed by atoms with Gasteiger partial charge in [-0.2, -0.15) is 0 Å². The van der Waals surface area contributed by atoms with Crippen LogP contribution in [0.5, 0.6) is 0 Å². The minimum absolute atomic E-state index is 0.111. The van der Waals surface area contributed by atoms with Gasteiger partial charge >= 0.3 is 0 Å². The molecule has 5 nitrogen and oxygen atoms in total. The Morgan fingerprint density at radius 3 is 3.00 bits per heavy atom. The normalized spacial score (nSPS) is 19.2. The minimum atomic E-state index is -0.427. The molecule has 1 aliphatic rings. The maximum absolute atomic E-state index is 11.8. The molecular formula is C13H17N3O2. The summed E-state index contributed by atoms with van der Waals surface area (Å²) in [6.45, 7) is 3.29. The molecule has 3 N–H and O–H groups in total. The van der Waals surface area contributed by atoms with Crippen LogP contribution in [0.1, 0.15) is 12.0 Å². The van der Waals surface area contributed by atoms with Crippen LogP contribution in [0.2, 0.25) is 0 Å². The van der Waals surface area contributed by atoms with Crippen LogP contribution in [0.25, 0.3) is 0 Å².